The van der Waals surface area contributed by atoms with Crippen molar-refractivity contribution in [3.63, 3.8) is 0 Å². The van der Waals surface area contributed by atoms with Crippen LogP contribution in [0.5, 0.6) is 0 Å². The Balaban J connectivity index is 1.67. The molecule has 6 heteroatoms. The zero-order valence-corrected chi connectivity index (χ0v) is 13.8. The van der Waals surface area contributed by atoms with Crippen molar-refractivity contribution in [3.05, 3.63) is 65.7 Å². The maximum absolute atomic E-state index is 12.7. The number of carbonyl (C=O) groups excluding carboxylic acids is 2. The summed E-state index contributed by atoms with van der Waals surface area (Å²) >= 11 is 0. The standard InChI is InChI=1S/C19H18N4O2/c1-12-5-7-13(8-6-12)21-19(25)17-22-16(18(24)20-14-9-10-14)15-4-2-3-11-23(15)17/h2-8,11,14H,9-10H2,1H3,(H,20,24)(H,21,25). The first-order valence-corrected chi connectivity index (χ1v) is 8.28. The van der Waals surface area contributed by atoms with Gasteiger partial charge in [0.2, 0.25) is 5.82 Å². The Kier molecular flexibility index (Phi) is 3.72. The average molecular weight is 334 g/mol. The fraction of sp³-hybridized carbons (Fsp3) is 0.211. The summed E-state index contributed by atoms with van der Waals surface area (Å²) < 4.78 is 1.64. The minimum absolute atomic E-state index is 0.192. The lowest BCUT2D eigenvalue weighted by Crippen LogP contribution is -2.26. The molecular weight excluding hydrogens is 316 g/mol. The predicted molar refractivity (Wildman–Crippen MR) is 94.8 cm³/mol. The predicted octanol–water partition coefficient (Wildman–Crippen LogP) is 2.79. The van der Waals surface area contributed by atoms with Gasteiger partial charge < -0.3 is 10.6 Å². The minimum Gasteiger partial charge on any atom is -0.348 e. The number of anilines is 1. The fourth-order valence-corrected chi connectivity index (χ4v) is 2.67. The Labute approximate surface area is 144 Å². The third kappa shape index (κ3) is 3.10. The molecule has 126 valence electrons. The van der Waals surface area contributed by atoms with Crippen LogP contribution in [0.25, 0.3) is 5.52 Å². The summed E-state index contributed by atoms with van der Waals surface area (Å²) in [5.74, 6) is -0.395. The van der Waals surface area contributed by atoms with Crippen LogP contribution in [0.4, 0.5) is 5.69 Å². The number of imidazole rings is 1. The third-order valence-electron chi connectivity index (χ3n) is 4.19. The Morgan fingerprint density at radius 1 is 1.08 bits per heavy atom. The lowest BCUT2D eigenvalue weighted by molar-refractivity contribution is 0.0948. The summed E-state index contributed by atoms with van der Waals surface area (Å²) in [5.41, 5.74) is 2.70. The molecule has 0 aliphatic heterocycles. The number of nitrogens with zero attached hydrogens (tertiary/aromatic N) is 2. The lowest BCUT2D eigenvalue weighted by atomic mass is 10.2. The molecule has 0 unspecified atom stereocenters. The van der Waals surface area contributed by atoms with E-state index in [0.717, 1.165) is 18.4 Å². The minimum atomic E-state index is -0.351. The fourth-order valence-electron chi connectivity index (χ4n) is 2.67. The van der Waals surface area contributed by atoms with Gasteiger partial charge in [0.25, 0.3) is 11.8 Å². The van der Waals surface area contributed by atoms with Gasteiger partial charge in [-0.2, -0.15) is 0 Å². The number of carbonyl (C=O) groups is 2. The smallest absolute Gasteiger partial charge is 0.292 e. The van der Waals surface area contributed by atoms with E-state index in [1.165, 1.54) is 0 Å². The van der Waals surface area contributed by atoms with E-state index >= 15 is 0 Å². The molecule has 1 saturated carbocycles. The van der Waals surface area contributed by atoms with Gasteiger partial charge in [-0.1, -0.05) is 23.8 Å². The van der Waals surface area contributed by atoms with E-state index in [0.29, 0.717) is 11.2 Å². The van der Waals surface area contributed by atoms with Gasteiger partial charge in [-0.15, -0.1) is 0 Å². The molecule has 2 heterocycles. The Bertz CT molecular complexity index is 955. The molecule has 1 aromatic carbocycles. The molecular formula is C19H18N4O2. The average Bonchev–Trinajstić information content (AvgIpc) is 3.33. The largest absolute Gasteiger partial charge is 0.348 e. The highest BCUT2D eigenvalue weighted by atomic mass is 16.2. The number of pyridine rings is 1. The van der Waals surface area contributed by atoms with Gasteiger partial charge >= 0.3 is 0 Å². The van der Waals surface area contributed by atoms with Gasteiger partial charge in [0.15, 0.2) is 5.69 Å². The normalized spacial score (nSPS) is 13.6. The number of hydrogen-bond donors (Lipinski definition) is 2. The summed E-state index contributed by atoms with van der Waals surface area (Å²) in [4.78, 5) is 29.4. The summed E-state index contributed by atoms with van der Waals surface area (Å²) in [5, 5.41) is 5.75. The van der Waals surface area contributed by atoms with Crippen LogP contribution in [0.2, 0.25) is 0 Å². The monoisotopic (exact) mass is 334 g/mol. The van der Waals surface area contributed by atoms with Gasteiger partial charge in [-0.3, -0.25) is 14.0 Å². The van der Waals surface area contributed by atoms with Crippen molar-refractivity contribution in [2.45, 2.75) is 25.8 Å². The number of hydrogen-bond acceptors (Lipinski definition) is 3. The molecule has 2 amide bonds. The van der Waals surface area contributed by atoms with Crippen LogP contribution in [0.1, 0.15) is 39.5 Å². The zero-order chi connectivity index (χ0) is 17.4. The molecule has 3 aromatic rings. The highest BCUT2D eigenvalue weighted by molar-refractivity contribution is 6.06. The van der Waals surface area contributed by atoms with Gasteiger partial charge in [0.1, 0.15) is 0 Å². The molecule has 1 aliphatic carbocycles. The van der Waals surface area contributed by atoms with E-state index in [-0.39, 0.29) is 29.4 Å². The van der Waals surface area contributed by atoms with E-state index < -0.39 is 0 Å². The van der Waals surface area contributed by atoms with Crippen molar-refractivity contribution >= 4 is 23.0 Å². The summed E-state index contributed by atoms with van der Waals surface area (Å²) in [6, 6.07) is 13.2. The number of benzene rings is 1. The SMILES string of the molecule is Cc1ccc(NC(=O)c2nc(C(=O)NC3CC3)c3ccccn23)cc1. The van der Waals surface area contributed by atoms with Crippen molar-refractivity contribution in [3.8, 4) is 0 Å². The van der Waals surface area contributed by atoms with Crippen molar-refractivity contribution in [1.82, 2.24) is 14.7 Å². The molecule has 0 bridgehead atoms. The molecule has 1 fully saturated rings. The highest BCUT2D eigenvalue weighted by Crippen LogP contribution is 2.21. The first-order valence-electron chi connectivity index (χ1n) is 8.28. The molecule has 25 heavy (non-hydrogen) atoms. The molecule has 0 saturated heterocycles. The van der Waals surface area contributed by atoms with E-state index in [2.05, 4.69) is 15.6 Å². The van der Waals surface area contributed by atoms with Crippen LogP contribution in [0.3, 0.4) is 0 Å². The maximum atomic E-state index is 12.7. The van der Waals surface area contributed by atoms with Crippen LogP contribution in [0, 0.1) is 6.92 Å². The Morgan fingerprint density at radius 3 is 2.56 bits per heavy atom. The second-order valence-electron chi connectivity index (χ2n) is 6.31. The topological polar surface area (TPSA) is 75.5 Å². The highest BCUT2D eigenvalue weighted by Gasteiger charge is 2.27. The Hall–Kier alpha value is -3.15. The van der Waals surface area contributed by atoms with Crippen LogP contribution < -0.4 is 10.6 Å². The number of rotatable bonds is 4. The number of amides is 2. The summed E-state index contributed by atoms with van der Waals surface area (Å²) in [6.07, 6.45) is 3.73. The first-order chi connectivity index (χ1) is 12.1. The molecule has 0 atom stereocenters. The number of fused-ring (bicyclic) bond motifs is 1. The first kappa shape index (κ1) is 15.4. The van der Waals surface area contributed by atoms with E-state index in [9.17, 15) is 9.59 Å². The van der Waals surface area contributed by atoms with Gasteiger partial charge in [-0.25, -0.2) is 4.98 Å². The molecule has 6 nitrogen and oxygen atoms in total. The Morgan fingerprint density at radius 2 is 1.84 bits per heavy atom. The van der Waals surface area contributed by atoms with Crippen LogP contribution in [0.15, 0.2) is 48.7 Å². The molecule has 0 spiro atoms. The van der Waals surface area contributed by atoms with Crippen LogP contribution in [-0.4, -0.2) is 27.2 Å². The quantitative estimate of drug-likeness (QED) is 0.770. The van der Waals surface area contributed by atoms with Crippen LogP contribution >= 0.6 is 0 Å². The molecule has 4 rings (SSSR count). The van der Waals surface area contributed by atoms with E-state index in [1.54, 1.807) is 22.7 Å². The van der Waals surface area contributed by atoms with Gasteiger partial charge in [0, 0.05) is 17.9 Å². The van der Waals surface area contributed by atoms with E-state index in [1.807, 2.05) is 37.3 Å². The summed E-state index contributed by atoms with van der Waals surface area (Å²) in [7, 11) is 0. The summed E-state index contributed by atoms with van der Waals surface area (Å²) in [6.45, 7) is 1.98. The van der Waals surface area contributed by atoms with Crippen molar-refractivity contribution in [2.24, 2.45) is 0 Å². The number of aryl methyl sites for hydroxylation is 1. The van der Waals surface area contributed by atoms with Gasteiger partial charge in [0.05, 0.1) is 5.52 Å². The number of nitrogens with one attached hydrogen (secondary N) is 2. The van der Waals surface area contributed by atoms with Crippen LogP contribution in [-0.2, 0) is 0 Å². The van der Waals surface area contributed by atoms with Gasteiger partial charge in [-0.05, 0) is 44.0 Å². The molecule has 2 aromatic heterocycles. The maximum Gasteiger partial charge on any atom is 0.292 e. The third-order valence-corrected chi connectivity index (χ3v) is 4.19. The van der Waals surface area contributed by atoms with E-state index in [4.69, 9.17) is 0 Å². The molecule has 0 radical (unpaired) electrons. The molecule has 2 N–H and O–H groups in total. The second-order valence-corrected chi connectivity index (χ2v) is 6.31. The lowest BCUT2D eigenvalue weighted by Gasteiger charge is -2.04. The van der Waals surface area contributed by atoms with Crippen molar-refractivity contribution < 1.29 is 9.59 Å². The van der Waals surface area contributed by atoms with Crippen molar-refractivity contribution in [2.75, 3.05) is 5.32 Å². The zero-order valence-electron chi connectivity index (χ0n) is 13.8. The number of aromatic nitrogens is 2. The molecule has 1 aliphatic rings. The van der Waals surface area contributed by atoms with Crippen molar-refractivity contribution in [1.29, 1.82) is 0 Å². The second kappa shape index (κ2) is 6.05.